The van der Waals surface area contributed by atoms with Gasteiger partial charge in [0, 0.05) is 6.07 Å². The molecule has 0 radical (unpaired) electrons. The van der Waals surface area contributed by atoms with Crippen molar-refractivity contribution >= 4 is 11.0 Å². The van der Waals surface area contributed by atoms with E-state index in [9.17, 15) is 18.4 Å². The highest BCUT2D eigenvalue weighted by atomic mass is 19.4. The lowest BCUT2D eigenvalue weighted by atomic mass is 10.1. The van der Waals surface area contributed by atoms with Gasteiger partial charge in [-0.15, -0.1) is 0 Å². The second kappa shape index (κ2) is 4.88. The number of fused-ring (bicyclic) bond motifs is 1. The van der Waals surface area contributed by atoms with E-state index in [0.717, 1.165) is 17.8 Å². The summed E-state index contributed by atoms with van der Waals surface area (Å²) < 4.78 is 42.4. The maximum Gasteiger partial charge on any atom is 0.416 e. The molecule has 3 nitrogen and oxygen atoms in total. The van der Waals surface area contributed by atoms with Crippen LogP contribution in [0.3, 0.4) is 0 Å². The molecule has 0 aliphatic rings. The van der Waals surface area contributed by atoms with Gasteiger partial charge in [-0.05, 0) is 18.2 Å². The first-order valence-electron chi connectivity index (χ1n) is 6.49. The van der Waals surface area contributed by atoms with Gasteiger partial charge in [0.1, 0.15) is 17.3 Å². The molecule has 110 valence electrons. The SMILES string of the molecule is C[n+]1cn(-c2ccccc2)c2cc(C(F)(F)F)cc(C#N)c21. The Labute approximate surface area is 124 Å². The van der Waals surface area contributed by atoms with Gasteiger partial charge < -0.3 is 0 Å². The van der Waals surface area contributed by atoms with Crippen molar-refractivity contribution in [3.63, 3.8) is 0 Å². The van der Waals surface area contributed by atoms with Gasteiger partial charge in [-0.1, -0.05) is 18.2 Å². The van der Waals surface area contributed by atoms with Crippen LogP contribution < -0.4 is 4.57 Å². The van der Waals surface area contributed by atoms with E-state index in [1.165, 1.54) is 0 Å². The molecule has 22 heavy (non-hydrogen) atoms. The Bertz CT molecular complexity index is 887. The number of rotatable bonds is 1. The number of benzene rings is 2. The summed E-state index contributed by atoms with van der Waals surface area (Å²) >= 11 is 0. The largest absolute Gasteiger partial charge is 0.416 e. The maximum absolute atomic E-state index is 13.0. The molecule has 1 aromatic heterocycles. The quantitative estimate of drug-likeness (QED) is 0.635. The molecule has 0 saturated carbocycles. The van der Waals surface area contributed by atoms with Gasteiger partial charge >= 0.3 is 6.18 Å². The minimum Gasteiger partial charge on any atom is -0.231 e. The van der Waals surface area contributed by atoms with E-state index in [2.05, 4.69) is 0 Å². The summed E-state index contributed by atoms with van der Waals surface area (Å²) in [6.45, 7) is 0. The van der Waals surface area contributed by atoms with Gasteiger partial charge in [-0.25, -0.2) is 4.57 Å². The normalized spacial score (nSPS) is 11.6. The Balaban J connectivity index is 2.39. The molecule has 0 atom stereocenters. The minimum atomic E-state index is -4.50. The Kier molecular flexibility index (Phi) is 3.14. The van der Waals surface area contributed by atoms with E-state index in [0.29, 0.717) is 11.0 Å². The zero-order valence-corrected chi connectivity index (χ0v) is 11.6. The fraction of sp³-hybridized carbons (Fsp3) is 0.125. The molecule has 0 fully saturated rings. The molecule has 0 saturated heterocycles. The Morgan fingerprint density at radius 1 is 1.14 bits per heavy atom. The van der Waals surface area contributed by atoms with Crippen LogP contribution >= 0.6 is 0 Å². The van der Waals surface area contributed by atoms with Crippen molar-refractivity contribution in [2.75, 3.05) is 0 Å². The van der Waals surface area contributed by atoms with Crippen molar-refractivity contribution in [3.05, 3.63) is 59.9 Å². The van der Waals surface area contributed by atoms with Crippen LogP contribution in [0.4, 0.5) is 13.2 Å². The van der Waals surface area contributed by atoms with E-state index in [1.54, 1.807) is 46.8 Å². The Morgan fingerprint density at radius 3 is 2.41 bits per heavy atom. The van der Waals surface area contributed by atoms with E-state index in [4.69, 9.17) is 0 Å². The number of nitriles is 1. The van der Waals surface area contributed by atoms with Gasteiger partial charge in [0.15, 0.2) is 11.0 Å². The van der Waals surface area contributed by atoms with E-state index < -0.39 is 11.7 Å². The molecule has 6 heteroatoms. The first-order chi connectivity index (χ1) is 10.4. The second-order valence-corrected chi connectivity index (χ2v) is 4.93. The maximum atomic E-state index is 13.0. The summed E-state index contributed by atoms with van der Waals surface area (Å²) in [5, 5.41) is 9.19. The molecule has 0 amide bonds. The minimum absolute atomic E-state index is 0.00186. The van der Waals surface area contributed by atoms with Crippen molar-refractivity contribution in [3.8, 4) is 11.8 Å². The lowest BCUT2D eigenvalue weighted by Gasteiger charge is -2.06. The van der Waals surface area contributed by atoms with Gasteiger partial charge in [-0.2, -0.15) is 23.0 Å². The van der Waals surface area contributed by atoms with Gasteiger partial charge in [0.25, 0.3) is 0 Å². The van der Waals surface area contributed by atoms with Crippen LogP contribution in [0, 0.1) is 11.3 Å². The van der Waals surface area contributed by atoms with Crippen LogP contribution in [0.25, 0.3) is 16.7 Å². The topological polar surface area (TPSA) is 32.6 Å². The summed E-state index contributed by atoms with van der Waals surface area (Å²) in [6, 6.07) is 12.8. The van der Waals surface area contributed by atoms with Crippen LogP contribution in [0.5, 0.6) is 0 Å². The molecule has 0 unspecified atom stereocenters. The number of hydrogen-bond acceptors (Lipinski definition) is 1. The molecular weight excluding hydrogens is 291 g/mol. The lowest BCUT2D eigenvalue weighted by Crippen LogP contribution is -2.26. The van der Waals surface area contributed by atoms with Crippen LogP contribution in [-0.4, -0.2) is 4.57 Å². The van der Waals surface area contributed by atoms with Crippen molar-refractivity contribution < 1.29 is 17.7 Å². The Hall–Kier alpha value is -2.81. The molecule has 1 heterocycles. The number of aromatic nitrogens is 2. The average molecular weight is 302 g/mol. The number of nitrogens with zero attached hydrogens (tertiary/aromatic N) is 3. The summed E-state index contributed by atoms with van der Waals surface area (Å²) in [7, 11) is 1.70. The van der Waals surface area contributed by atoms with Crippen LogP contribution in [0.15, 0.2) is 48.8 Å². The number of para-hydroxylation sites is 1. The highest BCUT2D eigenvalue weighted by Gasteiger charge is 2.33. The fourth-order valence-electron chi connectivity index (χ4n) is 2.51. The third-order valence-corrected chi connectivity index (χ3v) is 3.47. The molecule has 0 N–H and O–H groups in total. The number of aryl methyl sites for hydroxylation is 1. The smallest absolute Gasteiger partial charge is 0.231 e. The van der Waals surface area contributed by atoms with E-state index >= 15 is 0 Å². The molecule has 3 rings (SSSR count). The van der Waals surface area contributed by atoms with Crippen LogP contribution in [0.2, 0.25) is 0 Å². The van der Waals surface area contributed by atoms with Crippen molar-refractivity contribution in [2.45, 2.75) is 6.18 Å². The summed E-state index contributed by atoms with van der Waals surface area (Å²) in [5.41, 5.74) is 0.727. The van der Waals surface area contributed by atoms with Crippen LogP contribution in [0.1, 0.15) is 11.1 Å². The number of hydrogen-bond donors (Lipinski definition) is 0. The van der Waals surface area contributed by atoms with Gasteiger partial charge in [-0.3, -0.25) is 0 Å². The predicted octanol–water partition coefficient (Wildman–Crippen LogP) is 3.35. The molecule has 3 aromatic rings. The number of imidazole rings is 1. The van der Waals surface area contributed by atoms with E-state index in [1.807, 2.05) is 12.1 Å². The average Bonchev–Trinajstić information content (AvgIpc) is 2.84. The van der Waals surface area contributed by atoms with Crippen molar-refractivity contribution in [2.24, 2.45) is 7.05 Å². The monoisotopic (exact) mass is 302 g/mol. The lowest BCUT2D eigenvalue weighted by molar-refractivity contribution is -0.645. The predicted molar refractivity (Wildman–Crippen MR) is 74.2 cm³/mol. The third kappa shape index (κ3) is 2.21. The standard InChI is InChI=1S/C16H11F3N3/c1-21-10-22(13-5-3-2-4-6-13)14-8-12(16(17,18)19)7-11(9-20)15(14)21/h2-8,10H,1H3/q+1. The number of alkyl halides is 3. The first-order valence-corrected chi connectivity index (χ1v) is 6.49. The second-order valence-electron chi connectivity index (χ2n) is 4.93. The zero-order valence-electron chi connectivity index (χ0n) is 11.6. The summed E-state index contributed by atoms with van der Waals surface area (Å²) in [4.78, 5) is 0. The summed E-state index contributed by atoms with van der Waals surface area (Å²) in [5.74, 6) is 0. The fourth-order valence-corrected chi connectivity index (χ4v) is 2.51. The Morgan fingerprint density at radius 2 is 1.82 bits per heavy atom. The van der Waals surface area contributed by atoms with Gasteiger partial charge in [0.05, 0.1) is 12.6 Å². The molecule has 0 spiro atoms. The number of halogens is 3. The van der Waals surface area contributed by atoms with Crippen LogP contribution in [-0.2, 0) is 13.2 Å². The molecular formula is C16H11F3N3+. The third-order valence-electron chi connectivity index (χ3n) is 3.47. The molecule has 2 aromatic carbocycles. The highest BCUT2D eigenvalue weighted by Crippen LogP contribution is 2.33. The van der Waals surface area contributed by atoms with E-state index in [-0.39, 0.29) is 5.56 Å². The van der Waals surface area contributed by atoms with Crippen molar-refractivity contribution in [1.82, 2.24) is 4.57 Å². The first kappa shape index (κ1) is 14.1. The summed E-state index contributed by atoms with van der Waals surface area (Å²) in [6.07, 6.45) is -2.83. The van der Waals surface area contributed by atoms with Crippen molar-refractivity contribution in [1.29, 1.82) is 5.26 Å². The zero-order chi connectivity index (χ0) is 15.9. The molecule has 0 aliphatic carbocycles. The highest BCUT2D eigenvalue weighted by molar-refractivity contribution is 5.81. The van der Waals surface area contributed by atoms with Gasteiger partial charge in [0.2, 0.25) is 6.33 Å². The molecule has 0 aliphatic heterocycles. The molecule has 0 bridgehead atoms.